The molecule has 2 rings (SSSR count). The number of likely N-dealkylation sites (tertiary alicyclic amines) is 1. The molecule has 1 aromatic rings. The van der Waals surface area contributed by atoms with Crippen LogP contribution in [0.5, 0.6) is 11.5 Å². The predicted molar refractivity (Wildman–Crippen MR) is 97.7 cm³/mol. The zero-order chi connectivity index (χ0) is 17.2. The number of aliphatic imine (C=N–C) groups is 1. The summed E-state index contributed by atoms with van der Waals surface area (Å²) in [4.78, 5) is 7.26. The summed E-state index contributed by atoms with van der Waals surface area (Å²) in [5.74, 6) is 1.55. The van der Waals surface area contributed by atoms with Crippen molar-refractivity contribution in [3.05, 3.63) is 23.8 Å². The van der Waals surface area contributed by atoms with Crippen molar-refractivity contribution in [2.75, 3.05) is 53.6 Å². The highest BCUT2D eigenvalue weighted by molar-refractivity contribution is 5.85. The molecular formula is C19H30N2O3. The zero-order valence-corrected chi connectivity index (χ0v) is 15.2. The molecule has 0 aromatic heterocycles. The molecule has 0 spiro atoms. The van der Waals surface area contributed by atoms with E-state index in [4.69, 9.17) is 19.2 Å². The van der Waals surface area contributed by atoms with Gasteiger partial charge in [-0.25, -0.2) is 0 Å². The number of benzene rings is 1. The van der Waals surface area contributed by atoms with Gasteiger partial charge in [0.1, 0.15) is 0 Å². The Labute approximate surface area is 145 Å². The Balaban J connectivity index is 1.75. The largest absolute Gasteiger partial charge is 0.493 e. The number of nitrogens with zero attached hydrogens (tertiary/aromatic N) is 2. The molecule has 1 fully saturated rings. The average molecular weight is 334 g/mol. The molecule has 1 aliphatic rings. The maximum Gasteiger partial charge on any atom is 0.160 e. The van der Waals surface area contributed by atoms with E-state index in [2.05, 4.69) is 11.0 Å². The molecule has 1 aliphatic heterocycles. The highest BCUT2D eigenvalue weighted by Gasteiger charge is 2.14. The predicted octanol–water partition coefficient (Wildman–Crippen LogP) is 2.82. The smallest absolute Gasteiger partial charge is 0.160 e. The Morgan fingerprint density at radius 2 is 1.83 bits per heavy atom. The minimum Gasteiger partial charge on any atom is -0.493 e. The molecule has 0 amide bonds. The highest BCUT2D eigenvalue weighted by Crippen LogP contribution is 2.27. The molecule has 1 aromatic carbocycles. The lowest BCUT2D eigenvalue weighted by molar-refractivity contribution is 0.113. The SMILES string of the molecule is CCOCCN1CCC(=NCCc2ccc(OC)c(OC)c2)CC1. The molecule has 134 valence electrons. The van der Waals surface area contributed by atoms with Crippen molar-refractivity contribution >= 4 is 5.71 Å². The summed E-state index contributed by atoms with van der Waals surface area (Å²) < 4.78 is 16.0. The first kappa shape index (κ1) is 18.7. The fraction of sp³-hybridized carbons (Fsp3) is 0.632. The van der Waals surface area contributed by atoms with Crippen LogP contribution in [-0.2, 0) is 11.2 Å². The number of hydrogen-bond acceptors (Lipinski definition) is 5. The second-order valence-corrected chi connectivity index (χ2v) is 5.93. The Bertz CT molecular complexity index is 521. The van der Waals surface area contributed by atoms with Crippen molar-refractivity contribution in [1.29, 1.82) is 0 Å². The van der Waals surface area contributed by atoms with Crippen LogP contribution in [0.15, 0.2) is 23.2 Å². The van der Waals surface area contributed by atoms with Crippen LogP contribution in [0.25, 0.3) is 0 Å². The molecule has 5 nitrogen and oxygen atoms in total. The second kappa shape index (κ2) is 10.3. The summed E-state index contributed by atoms with van der Waals surface area (Å²) in [5.41, 5.74) is 2.58. The van der Waals surface area contributed by atoms with Gasteiger partial charge in [-0.1, -0.05) is 6.07 Å². The van der Waals surface area contributed by atoms with Crippen LogP contribution in [0.3, 0.4) is 0 Å². The van der Waals surface area contributed by atoms with Crippen LogP contribution in [0.2, 0.25) is 0 Å². The van der Waals surface area contributed by atoms with Gasteiger partial charge in [0.05, 0.1) is 20.8 Å². The molecule has 0 bridgehead atoms. The van der Waals surface area contributed by atoms with E-state index in [1.54, 1.807) is 14.2 Å². The van der Waals surface area contributed by atoms with Crippen molar-refractivity contribution in [2.24, 2.45) is 4.99 Å². The molecular weight excluding hydrogens is 304 g/mol. The van der Waals surface area contributed by atoms with Crippen LogP contribution in [-0.4, -0.2) is 64.2 Å². The number of rotatable bonds is 9. The quantitative estimate of drug-likeness (QED) is 0.651. The molecule has 0 radical (unpaired) electrons. The van der Waals surface area contributed by atoms with E-state index >= 15 is 0 Å². The van der Waals surface area contributed by atoms with Crippen molar-refractivity contribution in [3.63, 3.8) is 0 Å². The lowest BCUT2D eigenvalue weighted by Gasteiger charge is -2.27. The van der Waals surface area contributed by atoms with Gasteiger partial charge in [0.25, 0.3) is 0 Å². The lowest BCUT2D eigenvalue weighted by atomic mass is 10.1. The summed E-state index contributed by atoms with van der Waals surface area (Å²) in [7, 11) is 3.32. The van der Waals surface area contributed by atoms with Gasteiger partial charge in [0, 0.05) is 38.5 Å². The lowest BCUT2D eigenvalue weighted by Crippen LogP contribution is -2.36. The maximum absolute atomic E-state index is 5.42. The Kier molecular flexibility index (Phi) is 8.05. The number of methoxy groups -OCH3 is 2. The number of hydrogen-bond donors (Lipinski definition) is 0. The summed E-state index contributed by atoms with van der Waals surface area (Å²) in [6.45, 7) is 7.75. The van der Waals surface area contributed by atoms with Crippen molar-refractivity contribution < 1.29 is 14.2 Å². The van der Waals surface area contributed by atoms with Crippen LogP contribution in [0.1, 0.15) is 25.3 Å². The van der Waals surface area contributed by atoms with E-state index in [1.807, 2.05) is 19.1 Å². The van der Waals surface area contributed by atoms with E-state index < -0.39 is 0 Å². The topological polar surface area (TPSA) is 43.3 Å². The summed E-state index contributed by atoms with van der Waals surface area (Å²) in [6, 6.07) is 6.07. The molecule has 24 heavy (non-hydrogen) atoms. The highest BCUT2D eigenvalue weighted by atomic mass is 16.5. The molecule has 1 heterocycles. The van der Waals surface area contributed by atoms with E-state index in [-0.39, 0.29) is 0 Å². The van der Waals surface area contributed by atoms with Gasteiger partial charge in [-0.2, -0.15) is 0 Å². The summed E-state index contributed by atoms with van der Waals surface area (Å²) in [5, 5.41) is 0. The Hall–Kier alpha value is -1.59. The van der Waals surface area contributed by atoms with Gasteiger partial charge in [0.2, 0.25) is 0 Å². The van der Waals surface area contributed by atoms with Gasteiger partial charge >= 0.3 is 0 Å². The third-order valence-corrected chi connectivity index (χ3v) is 4.37. The summed E-state index contributed by atoms with van der Waals surface area (Å²) >= 11 is 0. The molecule has 0 aliphatic carbocycles. The molecule has 0 unspecified atom stereocenters. The van der Waals surface area contributed by atoms with E-state index in [0.717, 1.165) is 70.2 Å². The molecule has 0 N–H and O–H groups in total. The third-order valence-electron chi connectivity index (χ3n) is 4.37. The van der Waals surface area contributed by atoms with Gasteiger partial charge in [-0.15, -0.1) is 0 Å². The fourth-order valence-electron chi connectivity index (χ4n) is 2.91. The van der Waals surface area contributed by atoms with E-state index in [9.17, 15) is 0 Å². The molecule has 0 saturated carbocycles. The molecule has 5 heteroatoms. The van der Waals surface area contributed by atoms with Crippen molar-refractivity contribution in [3.8, 4) is 11.5 Å². The van der Waals surface area contributed by atoms with Crippen LogP contribution in [0, 0.1) is 0 Å². The summed E-state index contributed by atoms with van der Waals surface area (Å²) in [6.07, 6.45) is 3.09. The molecule has 1 saturated heterocycles. The first-order chi connectivity index (χ1) is 11.8. The standard InChI is InChI=1S/C19H30N2O3/c1-4-24-14-13-21-11-8-17(9-12-21)20-10-7-16-5-6-18(22-2)19(15-16)23-3/h5-6,15H,4,7-14H2,1-3H3. The first-order valence-electron chi connectivity index (χ1n) is 8.80. The van der Waals surface area contributed by atoms with Crippen molar-refractivity contribution in [2.45, 2.75) is 26.2 Å². The number of ether oxygens (including phenoxy) is 3. The zero-order valence-electron chi connectivity index (χ0n) is 15.2. The van der Waals surface area contributed by atoms with E-state index in [1.165, 1.54) is 11.3 Å². The van der Waals surface area contributed by atoms with Crippen molar-refractivity contribution in [1.82, 2.24) is 4.90 Å². The van der Waals surface area contributed by atoms with Gasteiger partial charge in [0.15, 0.2) is 11.5 Å². The fourth-order valence-corrected chi connectivity index (χ4v) is 2.91. The normalized spacial score (nSPS) is 15.4. The number of piperidine rings is 1. The Morgan fingerprint density at radius 1 is 1.08 bits per heavy atom. The maximum atomic E-state index is 5.42. The van der Waals surface area contributed by atoms with Gasteiger partial charge in [-0.05, 0) is 43.9 Å². The van der Waals surface area contributed by atoms with Gasteiger partial charge < -0.3 is 19.1 Å². The monoisotopic (exact) mass is 334 g/mol. The van der Waals surface area contributed by atoms with Gasteiger partial charge in [-0.3, -0.25) is 4.99 Å². The van der Waals surface area contributed by atoms with Crippen LogP contribution in [0.4, 0.5) is 0 Å². The van der Waals surface area contributed by atoms with Crippen LogP contribution < -0.4 is 9.47 Å². The minimum atomic E-state index is 0.770. The average Bonchev–Trinajstić information content (AvgIpc) is 2.63. The van der Waals surface area contributed by atoms with Crippen LogP contribution >= 0.6 is 0 Å². The first-order valence-corrected chi connectivity index (χ1v) is 8.80. The second-order valence-electron chi connectivity index (χ2n) is 5.93. The minimum absolute atomic E-state index is 0.770. The van der Waals surface area contributed by atoms with E-state index in [0.29, 0.717) is 0 Å². The Morgan fingerprint density at radius 3 is 2.50 bits per heavy atom. The molecule has 0 atom stereocenters. The third kappa shape index (κ3) is 5.80.